The van der Waals surface area contributed by atoms with Crippen molar-refractivity contribution in [2.45, 2.75) is 38.1 Å². The van der Waals surface area contributed by atoms with Crippen molar-refractivity contribution in [1.82, 2.24) is 0 Å². The van der Waals surface area contributed by atoms with E-state index < -0.39 is 0 Å². The molecule has 1 unspecified atom stereocenters. The second-order valence-electron chi connectivity index (χ2n) is 3.98. The third-order valence-electron chi connectivity index (χ3n) is 3.09. The van der Waals surface area contributed by atoms with Crippen LogP contribution in [0.15, 0.2) is 16.8 Å². The van der Waals surface area contributed by atoms with Crippen molar-refractivity contribution >= 4 is 23.7 Å². The molecule has 0 aliphatic heterocycles. The Hall–Kier alpha value is -0.0500. The number of hydrogen-bond acceptors (Lipinski definition) is 2. The SMILES string of the molecule is Cl.NC(c1ccsc1)C1CCCCC1. The number of rotatable bonds is 2. The van der Waals surface area contributed by atoms with Crippen LogP contribution in [0.25, 0.3) is 0 Å². The smallest absolute Gasteiger partial charge is 0.0331 e. The second-order valence-corrected chi connectivity index (χ2v) is 4.76. The van der Waals surface area contributed by atoms with Crippen LogP contribution < -0.4 is 5.73 Å². The fraction of sp³-hybridized carbons (Fsp3) is 0.636. The lowest BCUT2D eigenvalue weighted by Gasteiger charge is -2.26. The van der Waals surface area contributed by atoms with Gasteiger partial charge in [-0.05, 0) is 41.1 Å². The Morgan fingerprint density at radius 1 is 1.29 bits per heavy atom. The lowest BCUT2D eigenvalue weighted by atomic mass is 9.82. The Kier molecular flexibility index (Phi) is 4.93. The van der Waals surface area contributed by atoms with Gasteiger partial charge < -0.3 is 5.73 Å². The zero-order chi connectivity index (χ0) is 9.10. The van der Waals surface area contributed by atoms with Crippen molar-refractivity contribution in [3.05, 3.63) is 22.4 Å². The Labute approximate surface area is 96.1 Å². The maximum Gasteiger partial charge on any atom is 0.0331 e. The van der Waals surface area contributed by atoms with E-state index in [1.54, 1.807) is 11.3 Å². The molecule has 0 spiro atoms. The van der Waals surface area contributed by atoms with Gasteiger partial charge in [0.25, 0.3) is 0 Å². The van der Waals surface area contributed by atoms with Crippen LogP contribution in [0, 0.1) is 5.92 Å². The largest absolute Gasteiger partial charge is 0.324 e. The van der Waals surface area contributed by atoms with E-state index in [0.29, 0.717) is 6.04 Å². The average molecular weight is 232 g/mol. The molecule has 80 valence electrons. The maximum atomic E-state index is 6.22. The van der Waals surface area contributed by atoms with Crippen LogP contribution in [0.1, 0.15) is 43.7 Å². The minimum atomic E-state index is 0. The van der Waals surface area contributed by atoms with E-state index in [9.17, 15) is 0 Å². The van der Waals surface area contributed by atoms with Crippen molar-refractivity contribution in [2.24, 2.45) is 11.7 Å². The van der Waals surface area contributed by atoms with E-state index in [2.05, 4.69) is 16.8 Å². The molecule has 1 heterocycles. The molecule has 3 heteroatoms. The molecule has 1 aromatic rings. The van der Waals surface area contributed by atoms with Crippen LogP contribution in [-0.4, -0.2) is 0 Å². The highest BCUT2D eigenvalue weighted by Crippen LogP contribution is 2.33. The fourth-order valence-electron chi connectivity index (χ4n) is 2.23. The number of thiophene rings is 1. The minimum Gasteiger partial charge on any atom is -0.324 e. The van der Waals surface area contributed by atoms with E-state index in [1.807, 2.05) is 0 Å². The molecule has 0 aromatic carbocycles. The van der Waals surface area contributed by atoms with Crippen molar-refractivity contribution in [3.63, 3.8) is 0 Å². The Morgan fingerprint density at radius 3 is 2.57 bits per heavy atom. The predicted molar refractivity (Wildman–Crippen MR) is 65.1 cm³/mol. The van der Waals surface area contributed by atoms with Gasteiger partial charge in [0.1, 0.15) is 0 Å². The lowest BCUT2D eigenvalue weighted by Crippen LogP contribution is -2.22. The summed E-state index contributed by atoms with van der Waals surface area (Å²) in [5, 5.41) is 4.32. The first kappa shape index (κ1) is 12.0. The molecular weight excluding hydrogens is 214 g/mol. The molecule has 1 saturated carbocycles. The van der Waals surface area contributed by atoms with E-state index in [4.69, 9.17) is 5.73 Å². The molecule has 1 nitrogen and oxygen atoms in total. The summed E-state index contributed by atoms with van der Waals surface area (Å²) in [6.07, 6.45) is 6.83. The molecular formula is C11H18ClNS. The Morgan fingerprint density at radius 2 is 2.00 bits per heavy atom. The Bertz CT molecular complexity index is 242. The van der Waals surface area contributed by atoms with E-state index in [-0.39, 0.29) is 12.4 Å². The van der Waals surface area contributed by atoms with Crippen LogP contribution in [0.2, 0.25) is 0 Å². The van der Waals surface area contributed by atoms with Crippen LogP contribution in [-0.2, 0) is 0 Å². The van der Waals surface area contributed by atoms with Gasteiger partial charge in [-0.15, -0.1) is 12.4 Å². The summed E-state index contributed by atoms with van der Waals surface area (Å²) >= 11 is 1.75. The second kappa shape index (κ2) is 5.74. The molecule has 1 atom stereocenters. The van der Waals surface area contributed by atoms with Crippen molar-refractivity contribution in [3.8, 4) is 0 Å². The van der Waals surface area contributed by atoms with Crippen molar-refractivity contribution in [1.29, 1.82) is 0 Å². The highest BCUT2D eigenvalue weighted by Gasteiger charge is 2.21. The molecule has 0 saturated heterocycles. The zero-order valence-corrected chi connectivity index (χ0v) is 9.95. The summed E-state index contributed by atoms with van der Waals surface area (Å²) in [5.74, 6) is 0.739. The summed E-state index contributed by atoms with van der Waals surface area (Å²) in [7, 11) is 0. The quantitative estimate of drug-likeness (QED) is 0.825. The highest BCUT2D eigenvalue weighted by atomic mass is 35.5. The van der Waals surface area contributed by atoms with E-state index in [1.165, 1.54) is 37.7 Å². The van der Waals surface area contributed by atoms with Gasteiger partial charge in [0.15, 0.2) is 0 Å². The molecule has 0 radical (unpaired) electrons. The molecule has 0 amide bonds. The van der Waals surface area contributed by atoms with Crippen LogP contribution in [0.4, 0.5) is 0 Å². The van der Waals surface area contributed by atoms with Gasteiger partial charge in [0, 0.05) is 6.04 Å². The zero-order valence-electron chi connectivity index (χ0n) is 8.32. The maximum absolute atomic E-state index is 6.22. The molecule has 1 aliphatic carbocycles. The molecule has 1 aliphatic rings. The molecule has 2 rings (SSSR count). The van der Waals surface area contributed by atoms with Gasteiger partial charge >= 0.3 is 0 Å². The number of nitrogens with two attached hydrogens (primary N) is 1. The number of halogens is 1. The third-order valence-corrected chi connectivity index (χ3v) is 3.79. The summed E-state index contributed by atoms with van der Waals surface area (Å²) in [4.78, 5) is 0. The summed E-state index contributed by atoms with van der Waals surface area (Å²) in [6.45, 7) is 0. The monoisotopic (exact) mass is 231 g/mol. The fourth-order valence-corrected chi connectivity index (χ4v) is 2.94. The van der Waals surface area contributed by atoms with Gasteiger partial charge in [0.2, 0.25) is 0 Å². The summed E-state index contributed by atoms with van der Waals surface area (Å²) in [6, 6.07) is 2.47. The van der Waals surface area contributed by atoms with Crippen LogP contribution in [0.3, 0.4) is 0 Å². The first-order valence-electron chi connectivity index (χ1n) is 5.15. The topological polar surface area (TPSA) is 26.0 Å². The number of hydrogen-bond donors (Lipinski definition) is 1. The van der Waals surface area contributed by atoms with Crippen molar-refractivity contribution in [2.75, 3.05) is 0 Å². The third kappa shape index (κ3) is 2.72. The molecule has 0 bridgehead atoms. The van der Waals surface area contributed by atoms with Crippen molar-refractivity contribution < 1.29 is 0 Å². The van der Waals surface area contributed by atoms with Gasteiger partial charge in [-0.3, -0.25) is 0 Å². The van der Waals surface area contributed by atoms with Crippen LogP contribution >= 0.6 is 23.7 Å². The molecule has 1 aromatic heterocycles. The highest BCUT2D eigenvalue weighted by molar-refractivity contribution is 7.07. The van der Waals surface area contributed by atoms with E-state index >= 15 is 0 Å². The van der Waals surface area contributed by atoms with Gasteiger partial charge in [-0.2, -0.15) is 11.3 Å². The normalized spacial score (nSPS) is 20.1. The average Bonchev–Trinajstić information content (AvgIpc) is 2.71. The van der Waals surface area contributed by atoms with Gasteiger partial charge in [-0.25, -0.2) is 0 Å². The molecule has 1 fully saturated rings. The lowest BCUT2D eigenvalue weighted by molar-refractivity contribution is 0.308. The summed E-state index contributed by atoms with van der Waals surface area (Å²) in [5.41, 5.74) is 7.57. The first-order chi connectivity index (χ1) is 6.38. The van der Waals surface area contributed by atoms with Gasteiger partial charge in [0.05, 0.1) is 0 Å². The minimum absolute atomic E-state index is 0. The van der Waals surface area contributed by atoms with Crippen LogP contribution in [0.5, 0.6) is 0 Å². The van der Waals surface area contributed by atoms with Gasteiger partial charge in [-0.1, -0.05) is 19.3 Å². The molecule has 2 N–H and O–H groups in total. The van der Waals surface area contributed by atoms with E-state index in [0.717, 1.165) is 5.92 Å². The standard InChI is InChI=1S/C11H17NS.ClH/c12-11(10-6-7-13-8-10)9-4-2-1-3-5-9;/h6-9,11H,1-5,12H2;1H. The predicted octanol–water partition coefficient (Wildman–Crippen LogP) is 3.75. The first-order valence-corrected chi connectivity index (χ1v) is 6.10. The Balaban J connectivity index is 0.000000980. The molecule has 14 heavy (non-hydrogen) atoms. The summed E-state index contributed by atoms with van der Waals surface area (Å²) < 4.78 is 0.